The fourth-order valence-electron chi connectivity index (χ4n) is 5.77. The van der Waals surface area contributed by atoms with E-state index in [1.807, 2.05) is 41.3 Å². The van der Waals surface area contributed by atoms with Gasteiger partial charge in [-0.15, -0.1) is 0 Å². The predicted octanol–water partition coefficient (Wildman–Crippen LogP) is 4.58. The molecule has 2 aromatic carbocycles. The molecule has 1 fully saturated rings. The number of aromatic nitrogens is 3. The number of unbranched alkanes of at least 4 members (excludes halogenated alkanes) is 1. The summed E-state index contributed by atoms with van der Waals surface area (Å²) >= 11 is 0. The summed E-state index contributed by atoms with van der Waals surface area (Å²) in [6.07, 6.45) is 5.97. The lowest BCUT2D eigenvalue weighted by atomic mass is 10.1. The number of hydrogen-bond acceptors (Lipinski definition) is 8. The lowest BCUT2D eigenvalue weighted by molar-refractivity contribution is -0.142. The van der Waals surface area contributed by atoms with Crippen molar-refractivity contribution in [3.63, 3.8) is 0 Å². The van der Waals surface area contributed by atoms with E-state index in [2.05, 4.69) is 32.2 Å². The van der Waals surface area contributed by atoms with Gasteiger partial charge in [-0.3, -0.25) is 9.69 Å². The van der Waals surface area contributed by atoms with Gasteiger partial charge in [-0.2, -0.15) is 0 Å². The third-order valence-corrected chi connectivity index (χ3v) is 8.02. The van der Waals surface area contributed by atoms with Crippen LogP contribution in [0.2, 0.25) is 0 Å². The number of anilines is 1. The molecule has 0 saturated carbocycles. The molecule has 5 rings (SSSR count). The molecule has 228 valence electrons. The van der Waals surface area contributed by atoms with Crippen LogP contribution >= 0.6 is 0 Å². The molecule has 0 atom stereocenters. The number of pyridine rings is 1. The minimum atomic E-state index is -0.441. The van der Waals surface area contributed by atoms with E-state index in [-0.39, 0.29) is 12.5 Å². The van der Waals surface area contributed by atoms with Crippen LogP contribution in [-0.4, -0.2) is 76.1 Å². The molecule has 1 amide bonds. The van der Waals surface area contributed by atoms with Crippen molar-refractivity contribution < 1.29 is 19.1 Å². The van der Waals surface area contributed by atoms with Crippen LogP contribution in [0.15, 0.2) is 48.5 Å². The van der Waals surface area contributed by atoms with Crippen molar-refractivity contribution in [3.8, 4) is 5.75 Å². The first kappa shape index (κ1) is 30.3. The molecule has 0 aliphatic carbocycles. The predicted molar refractivity (Wildman–Crippen MR) is 168 cm³/mol. The normalized spacial score (nSPS) is 13.5. The van der Waals surface area contributed by atoms with E-state index in [0.29, 0.717) is 37.7 Å². The number of amides is 1. The van der Waals surface area contributed by atoms with Gasteiger partial charge in [-0.25, -0.2) is 14.8 Å². The van der Waals surface area contributed by atoms with Gasteiger partial charge in [-0.1, -0.05) is 43.7 Å². The SMILES string of the molecule is CCCCc1nc2c(N)nc3ccccc3c2n1CCCN(Cc1cccc(OCC(=O)OC)c1)C(=O)CN1CCCC1. The zero-order valence-electron chi connectivity index (χ0n) is 25.3. The van der Waals surface area contributed by atoms with E-state index >= 15 is 0 Å². The fourth-order valence-corrected chi connectivity index (χ4v) is 5.77. The first-order chi connectivity index (χ1) is 21.0. The Morgan fingerprint density at radius 1 is 1.05 bits per heavy atom. The van der Waals surface area contributed by atoms with Crippen molar-refractivity contribution in [2.75, 3.05) is 45.6 Å². The Kier molecular flexibility index (Phi) is 10.1. The zero-order chi connectivity index (χ0) is 30.2. The summed E-state index contributed by atoms with van der Waals surface area (Å²) < 4.78 is 12.6. The highest BCUT2D eigenvalue weighted by molar-refractivity contribution is 6.06. The number of fused-ring (bicyclic) bond motifs is 3. The fraction of sp³-hybridized carbons (Fsp3) is 0.455. The lowest BCUT2D eigenvalue weighted by Crippen LogP contribution is -2.39. The second kappa shape index (κ2) is 14.3. The number of carbonyl (C=O) groups is 2. The third kappa shape index (κ3) is 7.43. The molecule has 1 aliphatic rings. The van der Waals surface area contributed by atoms with Crippen molar-refractivity contribution >= 4 is 39.6 Å². The van der Waals surface area contributed by atoms with Gasteiger partial charge in [0.05, 0.1) is 24.7 Å². The molecule has 1 saturated heterocycles. The van der Waals surface area contributed by atoms with Gasteiger partial charge in [0.15, 0.2) is 12.4 Å². The molecule has 3 heterocycles. The molecule has 2 N–H and O–H groups in total. The van der Waals surface area contributed by atoms with E-state index in [1.54, 1.807) is 6.07 Å². The number of nitrogen functional groups attached to an aromatic ring is 1. The number of imidazole rings is 1. The van der Waals surface area contributed by atoms with Crippen LogP contribution in [-0.2, 0) is 33.8 Å². The van der Waals surface area contributed by atoms with E-state index in [0.717, 1.165) is 84.9 Å². The number of aryl methyl sites for hydroxylation is 2. The van der Waals surface area contributed by atoms with Crippen molar-refractivity contribution in [2.45, 2.75) is 58.5 Å². The molecule has 0 unspecified atom stereocenters. The van der Waals surface area contributed by atoms with Crippen LogP contribution in [0.3, 0.4) is 0 Å². The number of nitrogens with zero attached hydrogens (tertiary/aromatic N) is 5. The zero-order valence-corrected chi connectivity index (χ0v) is 25.3. The summed E-state index contributed by atoms with van der Waals surface area (Å²) in [5.74, 6) is 1.69. The van der Waals surface area contributed by atoms with Crippen LogP contribution in [0.4, 0.5) is 5.82 Å². The summed E-state index contributed by atoms with van der Waals surface area (Å²) in [4.78, 5) is 38.9. The number of carbonyl (C=O) groups excluding carboxylic acids is 2. The average molecular weight is 587 g/mol. The minimum Gasteiger partial charge on any atom is -0.482 e. The topological polar surface area (TPSA) is 116 Å². The van der Waals surface area contributed by atoms with Crippen LogP contribution in [0.1, 0.15) is 50.4 Å². The highest BCUT2D eigenvalue weighted by Gasteiger charge is 2.22. The summed E-state index contributed by atoms with van der Waals surface area (Å²) in [5.41, 5.74) is 9.95. The average Bonchev–Trinajstić information content (AvgIpc) is 3.67. The Morgan fingerprint density at radius 3 is 2.65 bits per heavy atom. The van der Waals surface area contributed by atoms with E-state index < -0.39 is 5.97 Å². The number of benzene rings is 2. The largest absolute Gasteiger partial charge is 0.482 e. The van der Waals surface area contributed by atoms with Gasteiger partial charge in [0.25, 0.3) is 0 Å². The van der Waals surface area contributed by atoms with Gasteiger partial charge in [0, 0.05) is 31.4 Å². The van der Waals surface area contributed by atoms with Crippen LogP contribution in [0.25, 0.3) is 21.9 Å². The molecule has 10 nitrogen and oxygen atoms in total. The second-order valence-corrected chi connectivity index (χ2v) is 11.2. The number of para-hydroxylation sites is 1. The Bertz CT molecular complexity index is 1560. The van der Waals surface area contributed by atoms with E-state index in [4.69, 9.17) is 15.5 Å². The van der Waals surface area contributed by atoms with Crippen LogP contribution in [0, 0.1) is 0 Å². The molecule has 0 spiro atoms. The number of esters is 1. The van der Waals surface area contributed by atoms with Gasteiger partial charge in [-0.05, 0) is 62.5 Å². The van der Waals surface area contributed by atoms with Crippen molar-refractivity contribution in [1.29, 1.82) is 0 Å². The lowest BCUT2D eigenvalue weighted by Gasteiger charge is -2.26. The molecule has 10 heteroatoms. The standard InChI is InChI=1S/C33H42N6O4/c1-3-4-15-28-36-31-32(26-13-5-6-14-27(26)35-33(31)34)39(28)19-10-18-38(29(40)22-37-16-7-8-17-37)21-24-11-9-12-25(20-24)43-23-30(41)42-2/h5-6,9,11-14,20H,3-4,7-8,10,15-19,21-23H2,1-2H3,(H2,34,35). The van der Waals surface area contributed by atoms with E-state index in [9.17, 15) is 9.59 Å². The number of hydrogen-bond donors (Lipinski definition) is 1. The second-order valence-electron chi connectivity index (χ2n) is 11.2. The quantitative estimate of drug-likeness (QED) is 0.214. The first-order valence-electron chi connectivity index (χ1n) is 15.3. The molecular formula is C33H42N6O4. The highest BCUT2D eigenvalue weighted by atomic mass is 16.6. The number of nitrogens with two attached hydrogens (primary N) is 1. The van der Waals surface area contributed by atoms with Crippen molar-refractivity contribution in [1.82, 2.24) is 24.3 Å². The van der Waals surface area contributed by atoms with Crippen LogP contribution in [0.5, 0.6) is 5.75 Å². The molecule has 1 aliphatic heterocycles. The van der Waals surface area contributed by atoms with Crippen molar-refractivity contribution in [2.24, 2.45) is 0 Å². The maximum Gasteiger partial charge on any atom is 0.343 e. The number of rotatable bonds is 14. The maximum atomic E-state index is 13.6. The third-order valence-electron chi connectivity index (χ3n) is 8.02. The molecule has 43 heavy (non-hydrogen) atoms. The van der Waals surface area contributed by atoms with Crippen molar-refractivity contribution in [3.05, 3.63) is 59.9 Å². The summed E-state index contributed by atoms with van der Waals surface area (Å²) in [7, 11) is 1.33. The van der Waals surface area contributed by atoms with Gasteiger partial charge in [0.1, 0.15) is 17.1 Å². The minimum absolute atomic E-state index is 0.114. The Morgan fingerprint density at radius 2 is 1.86 bits per heavy atom. The molecule has 4 aromatic rings. The van der Waals surface area contributed by atoms with Gasteiger partial charge >= 0.3 is 5.97 Å². The smallest absolute Gasteiger partial charge is 0.343 e. The Hall–Kier alpha value is -4.18. The number of likely N-dealkylation sites (tertiary alicyclic amines) is 1. The molecule has 0 bridgehead atoms. The highest BCUT2D eigenvalue weighted by Crippen LogP contribution is 2.29. The summed E-state index contributed by atoms with van der Waals surface area (Å²) in [6.45, 7) is 6.10. The maximum absolute atomic E-state index is 13.6. The van der Waals surface area contributed by atoms with Gasteiger partial charge in [0.2, 0.25) is 5.91 Å². The van der Waals surface area contributed by atoms with Gasteiger partial charge < -0.3 is 24.7 Å². The monoisotopic (exact) mass is 586 g/mol. The molecule has 2 aromatic heterocycles. The Labute approximate surface area is 252 Å². The Balaban J connectivity index is 1.37. The first-order valence-corrected chi connectivity index (χ1v) is 15.3. The summed E-state index contributed by atoms with van der Waals surface area (Å²) in [5, 5.41) is 1.03. The number of methoxy groups -OCH3 is 1. The molecule has 0 radical (unpaired) electrons. The molecular weight excluding hydrogens is 544 g/mol. The van der Waals surface area contributed by atoms with Crippen LogP contribution < -0.4 is 10.5 Å². The summed E-state index contributed by atoms with van der Waals surface area (Å²) in [6, 6.07) is 15.6. The number of ether oxygens (including phenoxy) is 2. The van der Waals surface area contributed by atoms with E-state index in [1.165, 1.54) is 7.11 Å².